The fourth-order valence-electron chi connectivity index (χ4n) is 2.94. The van der Waals surface area contributed by atoms with E-state index in [1.807, 2.05) is 0 Å². The van der Waals surface area contributed by atoms with Crippen LogP contribution in [0.15, 0.2) is 35.4 Å². The molecule has 1 aromatic carbocycles. The van der Waals surface area contributed by atoms with Gasteiger partial charge in [-0.15, -0.1) is 0 Å². The quantitative estimate of drug-likeness (QED) is 0.742. The highest BCUT2D eigenvalue weighted by Crippen LogP contribution is 2.29. The molecule has 1 aliphatic rings. The van der Waals surface area contributed by atoms with Crippen LogP contribution in [-0.4, -0.2) is 29.2 Å². The molecule has 1 fully saturated rings. The van der Waals surface area contributed by atoms with E-state index in [2.05, 4.69) is 4.98 Å². The van der Waals surface area contributed by atoms with Crippen LogP contribution < -0.4 is 0 Å². The topological polar surface area (TPSA) is 78.3 Å². The molecule has 0 N–H and O–H groups in total. The van der Waals surface area contributed by atoms with Crippen molar-refractivity contribution >= 4 is 27.4 Å². The third-order valence-electron chi connectivity index (χ3n) is 4.52. The molecule has 1 aliphatic carbocycles. The molecule has 0 amide bonds. The summed E-state index contributed by atoms with van der Waals surface area (Å²) in [5.41, 5.74) is 0.297. The molecule has 1 aromatic heterocycles. The van der Waals surface area contributed by atoms with Gasteiger partial charge in [0.1, 0.15) is 17.6 Å². The minimum absolute atomic E-state index is 0.00974. The van der Waals surface area contributed by atoms with E-state index in [1.165, 1.54) is 30.5 Å². The lowest BCUT2D eigenvalue weighted by atomic mass is 10.2. The molecule has 1 heterocycles. The van der Waals surface area contributed by atoms with Gasteiger partial charge in [0.25, 0.3) is 0 Å². The minimum Gasteiger partial charge on any atom is -0.454 e. The Bertz CT molecular complexity index is 869. The number of nitrogens with zero attached hydrogens (tertiary/aromatic N) is 2. The second kappa shape index (κ2) is 7.17. The molecule has 0 saturated heterocycles. The Morgan fingerprint density at radius 1 is 1.28 bits per heavy atom. The first-order valence-electron chi connectivity index (χ1n) is 8.07. The summed E-state index contributed by atoms with van der Waals surface area (Å²) in [5, 5.41) is 0.144. The largest absolute Gasteiger partial charge is 0.454 e. The Hall–Kier alpha value is -1.86. The van der Waals surface area contributed by atoms with Crippen molar-refractivity contribution in [1.82, 2.24) is 9.55 Å². The van der Waals surface area contributed by atoms with Gasteiger partial charge in [0, 0.05) is 7.05 Å². The van der Waals surface area contributed by atoms with Crippen LogP contribution in [0, 0.1) is 0 Å². The fraction of sp³-hybridized carbons (Fsp3) is 0.412. The summed E-state index contributed by atoms with van der Waals surface area (Å²) in [6.45, 7) is -0.00974. The highest BCUT2D eigenvalue weighted by molar-refractivity contribution is 7.92. The van der Waals surface area contributed by atoms with E-state index in [1.54, 1.807) is 11.6 Å². The first-order chi connectivity index (χ1) is 11.9. The van der Waals surface area contributed by atoms with Crippen molar-refractivity contribution < 1.29 is 17.9 Å². The number of imidazole rings is 1. The second-order valence-corrected chi connectivity index (χ2v) is 8.72. The summed E-state index contributed by atoms with van der Waals surface area (Å²) >= 11 is 5.88. The maximum atomic E-state index is 12.5. The van der Waals surface area contributed by atoms with Crippen molar-refractivity contribution in [2.24, 2.45) is 7.05 Å². The summed E-state index contributed by atoms with van der Waals surface area (Å²) in [4.78, 5) is 16.4. The average molecular weight is 383 g/mol. The molecule has 6 nitrogen and oxygen atoms in total. The number of esters is 1. The second-order valence-electron chi connectivity index (χ2n) is 6.11. The summed E-state index contributed by atoms with van der Waals surface area (Å²) in [5.74, 6) is -0.0114. The molecule has 0 spiro atoms. The lowest BCUT2D eigenvalue weighted by Crippen LogP contribution is -2.18. The van der Waals surface area contributed by atoms with E-state index in [4.69, 9.17) is 16.3 Å². The number of ether oxygens (including phenoxy) is 1. The predicted molar refractivity (Wildman–Crippen MR) is 93.2 cm³/mol. The van der Waals surface area contributed by atoms with Crippen LogP contribution in [0.2, 0.25) is 5.15 Å². The molecule has 8 heteroatoms. The van der Waals surface area contributed by atoms with Gasteiger partial charge in [-0.1, -0.05) is 24.4 Å². The van der Waals surface area contributed by atoms with Gasteiger partial charge in [-0.25, -0.2) is 18.2 Å². The SMILES string of the molecule is Cn1c(Cl)cnc1COC(=O)c1ccc(S(=O)(=O)C2CCCC2)cc1. The maximum Gasteiger partial charge on any atom is 0.338 e. The van der Waals surface area contributed by atoms with Gasteiger partial charge in [0.05, 0.1) is 21.9 Å². The summed E-state index contributed by atoms with van der Waals surface area (Å²) < 4.78 is 31.9. The Balaban J connectivity index is 1.67. The third-order valence-corrected chi connectivity index (χ3v) is 7.15. The summed E-state index contributed by atoms with van der Waals surface area (Å²) in [7, 11) is -1.60. The van der Waals surface area contributed by atoms with E-state index in [-0.39, 0.29) is 16.8 Å². The van der Waals surface area contributed by atoms with Crippen LogP contribution in [0.5, 0.6) is 0 Å². The van der Waals surface area contributed by atoms with Gasteiger partial charge in [-0.2, -0.15) is 0 Å². The van der Waals surface area contributed by atoms with Crippen molar-refractivity contribution in [3.63, 3.8) is 0 Å². The number of benzene rings is 1. The third kappa shape index (κ3) is 3.72. The lowest BCUT2D eigenvalue weighted by Gasteiger charge is -2.11. The zero-order valence-corrected chi connectivity index (χ0v) is 15.4. The molecule has 2 aromatic rings. The van der Waals surface area contributed by atoms with E-state index in [0.29, 0.717) is 29.4 Å². The zero-order chi connectivity index (χ0) is 18.0. The monoisotopic (exact) mass is 382 g/mol. The van der Waals surface area contributed by atoms with Crippen LogP contribution in [0.3, 0.4) is 0 Å². The molecular weight excluding hydrogens is 364 g/mol. The maximum absolute atomic E-state index is 12.5. The first-order valence-corrected chi connectivity index (χ1v) is 9.99. The molecule has 0 atom stereocenters. The fourth-order valence-corrected chi connectivity index (χ4v) is 4.94. The predicted octanol–water partition coefficient (Wildman–Crippen LogP) is 3.15. The van der Waals surface area contributed by atoms with Crippen molar-refractivity contribution in [3.8, 4) is 0 Å². The number of aromatic nitrogens is 2. The molecule has 3 rings (SSSR count). The van der Waals surface area contributed by atoms with Gasteiger partial charge >= 0.3 is 5.97 Å². The van der Waals surface area contributed by atoms with Crippen LogP contribution in [0.1, 0.15) is 41.9 Å². The molecular formula is C17H19ClN2O4S. The Morgan fingerprint density at radius 3 is 2.48 bits per heavy atom. The smallest absolute Gasteiger partial charge is 0.338 e. The number of halogens is 1. The number of hydrogen-bond donors (Lipinski definition) is 0. The van der Waals surface area contributed by atoms with Gasteiger partial charge < -0.3 is 9.30 Å². The Kier molecular flexibility index (Phi) is 5.15. The van der Waals surface area contributed by atoms with E-state index >= 15 is 0 Å². The molecule has 134 valence electrons. The zero-order valence-electron chi connectivity index (χ0n) is 13.8. The molecule has 0 aliphatic heterocycles. The highest BCUT2D eigenvalue weighted by Gasteiger charge is 2.30. The molecule has 1 saturated carbocycles. The average Bonchev–Trinajstić information content (AvgIpc) is 3.25. The molecule has 0 bridgehead atoms. The van der Waals surface area contributed by atoms with E-state index < -0.39 is 15.8 Å². The van der Waals surface area contributed by atoms with Crippen LogP contribution in [-0.2, 0) is 28.2 Å². The van der Waals surface area contributed by atoms with Gasteiger partial charge in [-0.3, -0.25) is 0 Å². The van der Waals surface area contributed by atoms with Crippen molar-refractivity contribution in [1.29, 1.82) is 0 Å². The Morgan fingerprint density at radius 2 is 1.92 bits per heavy atom. The van der Waals surface area contributed by atoms with Crippen molar-refractivity contribution in [2.45, 2.75) is 42.4 Å². The molecule has 25 heavy (non-hydrogen) atoms. The minimum atomic E-state index is -3.32. The van der Waals surface area contributed by atoms with Gasteiger partial charge in [0.2, 0.25) is 0 Å². The highest BCUT2D eigenvalue weighted by atomic mass is 35.5. The van der Waals surface area contributed by atoms with Crippen LogP contribution in [0.25, 0.3) is 0 Å². The van der Waals surface area contributed by atoms with Gasteiger partial charge in [-0.05, 0) is 37.1 Å². The normalized spacial score (nSPS) is 15.4. The van der Waals surface area contributed by atoms with E-state index in [9.17, 15) is 13.2 Å². The molecule has 0 unspecified atom stereocenters. The van der Waals surface area contributed by atoms with E-state index in [0.717, 1.165) is 12.8 Å². The number of sulfone groups is 1. The number of rotatable bonds is 5. The summed E-state index contributed by atoms with van der Waals surface area (Å²) in [6.07, 6.45) is 4.79. The number of carbonyl (C=O) groups excluding carboxylic acids is 1. The number of carbonyl (C=O) groups is 1. The number of hydrogen-bond acceptors (Lipinski definition) is 5. The summed E-state index contributed by atoms with van der Waals surface area (Å²) in [6, 6.07) is 5.91. The Labute approximate surface area is 151 Å². The van der Waals surface area contributed by atoms with Crippen molar-refractivity contribution in [2.75, 3.05) is 0 Å². The van der Waals surface area contributed by atoms with Crippen LogP contribution >= 0.6 is 11.6 Å². The van der Waals surface area contributed by atoms with Gasteiger partial charge in [0.15, 0.2) is 9.84 Å². The molecule has 0 radical (unpaired) electrons. The lowest BCUT2D eigenvalue weighted by molar-refractivity contribution is 0.0459. The standard InChI is InChI=1S/C17H19ClN2O4S/c1-20-15(18)10-19-16(20)11-24-17(21)12-6-8-14(9-7-12)25(22,23)13-4-2-3-5-13/h6-10,13H,2-5,11H2,1H3. The van der Waals surface area contributed by atoms with Crippen LogP contribution in [0.4, 0.5) is 0 Å². The van der Waals surface area contributed by atoms with Crippen molar-refractivity contribution in [3.05, 3.63) is 47.0 Å². The first kappa shape index (κ1) is 17.9.